The maximum absolute atomic E-state index is 5.26. The summed E-state index contributed by atoms with van der Waals surface area (Å²) in [7, 11) is 0. The molecular weight excluding hydrogens is 274 g/mol. The van der Waals surface area contributed by atoms with Crippen molar-refractivity contribution in [3.63, 3.8) is 0 Å². The summed E-state index contributed by atoms with van der Waals surface area (Å²) in [6, 6.07) is 8.22. The lowest BCUT2D eigenvalue weighted by Gasteiger charge is -2.09. The molecule has 2 N–H and O–H groups in total. The van der Waals surface area contributed by atoms with Crippen LogP contribution in [0.25, 0.3) is 11.0 Å². The van der Waals surface area contributed by atoms with E-state index < -0.39 is 0 Å². The fraction of sp³-hybridized carbons (Fsp3) is 0.412. The first kappa shape index (κ1) is 15.9. The summed E-state index contributed by atoms with van der Waals surface area (Å²) in [6.07, 6.45) is 6.21. The van der Waals surface area contributed by atoms with Crippen LogP contribution in [0.1, 0.15) is 19.2 Å². The van der Waals surface area contributed by atoms with Crippen LogP contribution in [-0.4, -0.2) is 35.1 Å². The van der Waals surface area contributed by atoms with Crippen LogP contribution in [0, 0.1) is 19.3 Å². The zero-order chi connectivity index (χ0) is 15.8. The van der Waals surface area contributed by atoms with Crippen LogP contribution in [0.4, 0.5) is 0 Å². The highest BCUT2D eigenvalue weighted by Crippen LogP contribution is 2.15. The Hall–Kier alpha value is -2.48. The Morgan fingerprint density at radius 2 is 2.18 bits per heavy atom. The van der Waals surface area contributed by atoms with E-state index >= 15 is 0 Å². The highest BCUT2D eigenvalue weighted by atomic mass is 15.2. The number of aryl methyl sites for hydroxylation is 2. The van der Waals surface area contributed by atoms with E-state index in [9.17, 15) is 0 Å². The van der Waals surface area contributed by atoms with E-state index in [1.807, 2.05) is 32.0 Å². The van der Waals surface area contributed by atoms with Gasteiger partial charge in [0, 0.05) is 19.6 Å². The van der Waals surface area contributed by atoms with Gasteiger partial charge in [0.15, 0.2) is 5.96 Å². The van der Waals surface area contributed by atoms with Crippen molar-refractivity contribution in [2.75, 3.05) is 19.6 Å². The highest BCUT2D eigenvalue weighted by molar-refractivity contribution is 5.80. The molecule has 0 aliphatic carbocycles. The number of guanidine groups is 1. The van der Waals surface area contributed by atoms with E-state index in [2.05, 4.69) is 37.2 Å². The lowest BCUT2D eigenvalue weighted by Crippen LogP contribution is -2.37. The van der Waals surface area contributed by atoms with Crippen molar-refractivity contribution in [2.45, 2.75) is 26.8 Å². The molecule has 0 saturated carbocycles. The third-order valence-corrected chi connectivity index (χ3v) is 3.36. The summed E-state index contributed by atoms with van der Waals surface area (Å²) in [5, 5.41) is 6.26. The van der Waals surface area contributed by atoms with Crippen LogP contribution in [-0.2, 0) is 6.54 Å². The van der Waals surface area contributed by atoms with Crippen molar-refractivity contribution in [1.29, 1.82) is 0 Å². The molecule has 0 radical (unpaired) electrons. The Morgan fingerprint density at radius 1 is 1.36 bits per heavy atom. The van der Waals surface area contributed by atoms with Crippen LogP contribution in [0.5, 0.6) is 0 Å². The first-order valence-corrected chi connectivity index (χ1v) is 7.63. The zero-order valence-corrected chi connectivity index (χ0v) is 13.3. The summed E-state index contributed by atoms with van der Waals surface area (Å²) in [4.78, 5) is 9.10. The topological polar surface area (TPSA) is 54.2 Å². The molecule has 2 rings (SSSR count). The van der Waals surface area contributed by atoms with Gasteiger partial charge < -0.3 is 15.2 Å². The molecule has 0 bridgehead atoms. The Bertz CT molecular complexity index is 678. The number of para-hydroxylation sites is 2. The molecule has 1 heterocycles. The molecule has 0 spiro atoms. The molecule has 0 amide bonds. The van der Waals surface area contributed by atoms with Gasteiger partial charge in [-0.25, -0.2) is 4.98 Å². The summed E-state index contributed by atoms with van der Waals surface area (Å²) in [5.41, 5.74) is 2.23. The van der Waals surface area contributed by atoms with Gasteiger partial charge in [0.05, 0.1) is 17.6 Å². The number of nitrogens with one attached hydrogen (secondary N) is 2. The molecule has 5 heteroatoms. The van der Waals surface area contributed by atoms with Crippen LogP contribution in [0.15, 0.2) is 29.3 Å². The number of hydrogen-bond acceptors (Lipinski definition) is 2. The van der Waals surface area contributed by atoms with E-state index in [4.69, 9.17) is 6.42 Å². The number of imidazole rings is 1. The Morgan fingerprint density at radius 3 is 2.95 bits per heavy atom. The number of hydrogen-bond donors (Lipinski definition) is 2. The minimum absolute atomic E-state index is 0.483. The van der Waals surface area contributed by atoms with Gasteiger partial charge in [-0.15, -0.1) is 6.42 Å². The molecule has 2 aromatic rings. The predicted octanol–water partition coefficient (Wildman–Crippen LogP) is 1.92. The van der Waals surface area contributed by atoms with E-state index in [1.165, 1.54) is 5.52 Å². The smallest absolute Gasteiger partial charge is 0.192 e. The summed E-state index contributed by atoms with van der Waals surface area (Å²) in [6.45, 7) is 7.03. The molecule has 0 unspecified atom stereocenters. The van der Waals surface area contributed by atoms with Crippen molar-refractivity contribution in [1.82, 2.24) is 20.2 Å². The van der Waals surface area contributed by atoms with Crippen LogP contribution >= 0.6 is 0 Å². The van der Waals surface area contributed by atoms with Crippen molar-refractivity contribution in [3.8, 4) is 12.3 Å². The van der Waals surface area contributed by atoms with Gasteiger partial charge in [0.25, 0.3) is 0 Å². The normalized spacial score (nSPS) is 11.4. The molecule has 0 fully saturated rings. The van der Waals surface area contributed by atoms with Gasteiger partial charge in [-0.2, -0.15) is 0 Å². The van der Waals surface area contributed by atoms with Crippen molar-refractivity contribution < 1.29 is 0 Å². The first-order chi connectivity index (χ1) is 10.8. The third-order valence-electron chi connectivity index (χ3n) is 3.36. The van der Waals surface area contributed by atoms with Crippen LogP contribution < -0.4 is 10.6 Å². The van der Waals surface area contributed by atoms with Crippen molar-refractivity contribution in [2.24, 2.45) is 4.99 Å². The second-order valence-electron chi connectivity index (χ2n) is 4.97. The monoisotopic (exact) mass is 297 g/mol. The average Bonchev–Trinajstić information content (AvgIpc) is 2.84. The Kier molecular flexibility index (Phi) is 5.84. The molecule has 5 nitrogen and oxygen atoms in total. The molecule has 1 aromatic carbocycles. The molecule has 1 aromatic heterocycles. The van der Waals surface area contributed by atoms with Gasteiger partial charge in [0.1, 0.15) is 5.82 Å². The van der Waals surface area contributed by atoms with E-state index in [-0.39, 0.29) is 0 Å². The van der Waals surface area contributed by atoms with E-state index in [1.54, 1.807) is 0 Å². The number of rotatable bonds is 6. The number of benzene rings is 1. The molecule has 0 aliphatic heterocycles. The average molecular weight is 297 g/mol. The summed E-state index contributed by atoms with van der Waals surface area (Å²) >= 11 is 0. The Labute approximate surface area is 131 Å². The SMILES string of the molecule is C#CCNC(=NCCCn1c(C)nc2ccccc21)NCC. The first-order valence-electron chi connectivity index (χ1n) is 7.63. The third kappa shape index (κ3) is 4.01. The lowest BCUT2D eigenvalue weighted by molar-refractivity contribution is 0.646. The molecule has 0 atom stereocenters. The molecule has 116 valence electrons. The highest BCUT2D eigenvalue weighted by Gasteiger charge is 2.05. The van der Waals surface area contributed by atoms with Crippen molar-refractivity contribution in [3.05, 3.63) is 30.1 Å². The predicted molar refractivity (Wildman–Crippen MR) is 91.9 cm³/mol. The summed E-state index contributed by atoms with van der Waals surface area (Å²) < 4.78 is 2.24. The number of aromatic nitrogens is 2. The molecule has 22 heavy (non-hydrogen) atoms. The van der Waals surface area contributed by atoms with Crippen LogP contribution in [0.3, 0.4) is 0 Å². The largest absolute Gasteiger partial charge is 0.357 e. The van der Waals surface area contributed by atoms with E-state index in [0.717, 1.165) is 43.4 Å². The number of fused-ring (bicyclic) bond motifs is 1. The number of aliphatic imine (C=N–C) groups is 1. The lowest BCUT2D eigenvalue weighted by atomic mass is 10.3. The van der Waals surface area contributed by atoms with Gasteiger partial charge in [0.2, 0.25) is 0 Å². The van der Waals surface area contributed by atoms with Gasteiger partial charge in [-0.1, -0.05) is 18.1 Å². The minimum atomic E-state index is 0.483. The maximum Gasteiger partial charge on any atom is 0.192 e. The quantitative estimate of drug-likeness (QED) is 0.371. The molecular formula is C17H23N5. The maximum atomic E-state index is 5.26. The molecule has 0 saturated heterocycles. The summed E-state index contributed by atoms with van der Waals surface area (Å²) in [5.74, 6) is 4.37. The van der Waals surface area contributed by atoms with Gasteiger partial charge >= 0.3 is 0 Å². The number of nitrogens with zero attached hydrogens (tertiary/aromatic N) is 3. The number of terminal acetylenes is 1. The zero-order valence-electron chi connectivity index (χ0n) is 13.3. The fourth-order valence-corrected chi connectivity index (χ4v) is 2.37. The standard InChI is InChI=1S/C17H23N5/c1-4-11-19-17(18-5-2)20-12-8-13-22-14(3)21-15-9-6-7-10-16(15)22/h1,6-7,9-10H,5,8,11-13H2,2-3H3,(H2,18,19,20). The molecule has 0 aliphatic rings. The minimum Gasteiger partial charge on any atom is -0.357 e. The fourth-order valence-electron chi connectivity index (χ4n) is 2.37. The van der Waals surface area contributed by atoms with E-state index in [0.29, 0.717) is 6.54 Å². The Balaban J connectivity index is 1.94. The van der Waals surface area contributed by atoms with Crippen molar-refractivity contribution >= 4 is 17.0 Å². The second kappa shape index (κ2) is 8.08. The van der Waals surface area contributed by atoms with Crippen LogP contribution in [0.2, 0.25) is 0 Å². The second-order valence-corrected chi connectivity index (χ2v) is 4.97. The van der Waals surface area contributed by atoms with Gasteiger partial charge in [-0.05, 0) is 32.4 Å². The van der Waals surface area contributed by atoms with Gasteiger partial charge in [-0.3, -0.25) is 4.99 Å².